The molecule has 3 N–H and O–H groups in total. The zero-order chi connectivity index (χ0) is 23.3. The number of likely N-dealkylation sites (tertiary alicyclic amines) is 1. The highest BCUT2D eigenvalue weighted by Gasteiger charge is 2.34. The molecule has 2 fully saturated rings. The summed E-state index contributed by atoms with van der Waals surface area (Å²) in [4.78, 5) is 25.8. The predicted molar refractivity (Wildman–Crippen MR) is 130 cm³/mol. The van der Waals surface area contributed by atoms with Gasteiger partial charge >= 0.3 is 0 Å². The number of carbonyl (C=O) groups is 1. The number of β-amino-alcohol motifs (C(OH)–C–C–N with tert-alkyl or cyclic N) is 1. The second-order valence-electron chi connectivity index (χ2n) is 9.60. The highest BCUT2D eigenvalue weighted by Crippen LogP contribution is 2.25. The molecule has 2 aliphatic heterocycles. The normalized spacial score (nSPS) is 22.2. The Labute approximate surface area is 196 Å². The topological polar surface area (TPSA) is 93.6 Å². The standard InChI is InChI=1S/C25H36N6O2/c1-19-8-12-30(13-9-19)15-20-4-6-21(7-5-20)24(32)27-16-25(33)10-3-11-31(17-25)23-14-22(26-2)28-18-29-23/h4-7,14,18-19,33H,3,8-13,15-17H2,1-2H3,(H,27,32)(H,26,28,29)/t25-/m1/s1. The number of nitrogens with one attached hydrogen (secondary N) is 2. The van der Waals surface area contributed by atoms with Crippen molar-refractivity contribution in [1.82, 2.24) is 20.2 Å². The number of benzene rings is 1. The number of hydrogen-bond acceptors (Lipinski definition) is 7. The van der Waals surface area contributed by atoms with Crippen LogP contribution in [-0.2, 0) is 6.54 Å². The highest BCUT2D eigenvalue weighted by molar-refractivity contribution is 5.94. The molecule has 1 atom stereocenters. The molecule has 33 heavy (non-hydrogen) atoms. The molecule has 0 saturated carbocycles. The van der Waals surface area contributed by atoms with Crippen LogP contribution in [0.4, 0.5) is 11.6 Å². The molecule has 0 radical (unpaired) electrons. The van der Waals surface area contributed by atoms with Crippen LogP contribution in [0.2, 0.25) is 0 Å². The van der Waals surface area contributed by atoms with Crippen LogP contribution < -0.4 is 15.5 Å². The fraction of sp³-hybridized carbons (Fsp3) is 0.560. The quantitative estimate of drug-likeness (QED) is 0.594. The predicted octanol–water partition coefficient (Wildman–Crippen LogP) is 2.51. The number of aliphatic hydroxyl groups is 1. The molecular formula is C25H36N6O2. The average Bonchev–Trinajstić information content (AvgIpc) is 2.84. The summed E-state index contributed by atoms with van der Waals surface area (Å²) < 4.78 is 0. The van der Waals surface area contributed by atoms with E-state index in [1.807, 2.05) is 42.3 Å². The molecule has 2 aliphatic rings. The summed E-state index contributed by atoms with van der Waals surface area (Å²) in [6.45, 7) is 6.98. The van der Waals surface area contributed by atoms with Gasteiger partial charge in [0.1, 0.15) is 18.0 Å². The molecule has 0 aliphatic carbocycles. The van der Waals surface area contributed by atoms with Gasteiger partial charge in [-0.15, -0.1) is 0 Å². The largest absolute Gasteiger partial charge is 0.386 e. The number of rotatable bonds is 7. The first kappa shape index (κ1) is 23.4. The second kappa shape index (κ2) is 10.5. The Morgan fingerprint density at radius 1 is 1.18 bits per heavy atom. The number of aromatic nitrogens is 2. The van der Waals surface area contributed by atoms with E-state index in [0.717, 1.165) is 50.2 Å². The van der Waals surface area contributed by atoms with Crippen LogP contribution in [0, 0.1) is 5.92 Å². The SMILES string of the molecule is CNc1cc(N2CCC[C@@](O)(CNC(=O)c3ccc(CN4CCC(C)CC4)cc3)C2)ncn1. The summed E-state index contributed by atoms with van der Waals surface area (Å²) in [5, 5.41) is 17.1. The van der Waals surface area contributed by atoms with Crippen molar-refractivity contribution in [3.63, 3.8) is 0 Å². The Balaban J connectivity index is 1.30. The van der Waals surface area contributed by atoms with Crippen molar-refractivity contribution in [1.29, 1.82) is 0 Å². The molecule has 8 nitrogen and oxygen atoms in total. The third-order valence-electron chi connectivity index (χ3n) is 6.86. The van der Waals surface area contributed by atoms with Gasteiger partial charge in [-0.3, -0.25) is 9.69 Å². The zero-order valence-corrected chi connectivity index (χ0v) is 19.8. The molecule has 0 spiro atoms. The fourth-order valence-electron chi connectivity index (χ4n) is 4.70. The van der Waals surface area contributed by atoms with Crippen LogP contribution in [0.3, 0.4) is 0 Å². The van der Waals surface area contributed by atoms with Crippen molar-refractivity contribution < 1.29 is 9.90 Å². The van der Waals surface area contributed by atoms with Gasteiger partial charge in [-0.05, 0) is 62.4 Å². The summed E-state index contributed by atoms with van der Waals surface area (Å²) in [5.74, 6) is 2.18. The Kier molecular flexibility index (Phi) is 7.45. The van der Waals surface area contributed by atoms with E-state index in [9.17, 15) is 9.90 Å². The van der Waals surface area contributed by atoms with E-state index in [2.05, 4.69) is 32.4 Å². The smallest absolute Gasteiger partial charge is 0.251 e. The Morgan fingerprint density at radius 2 is 1.94 bits per heavy atom. The van der Waals surface area contributed by atoms with Crippen LogP contribution in [0.1, 0.15) is 48.5 Å². The summed E-state index contributed by atoms with van der Waals surface area (Å²) in [7, 11) is 1.81. The maximum absolute atomic E-state index is 12.7. The average molecular weight is 453 g/mol. The van der Waals surface area contributed by atoms with Gasteiger partial charge in [-0.2, -0.15) is 0 Å². The molecule has 1 aromatic heterocycles. The lowest BCUT2D eigenvalue weighted by Gasteiger charge is -2.39. The zero-order valence-electron chi connectivity index (χ0n) is 19.8. The van der Waals surface area contributed by atoms with Crippen molar-refractivity contribution in [2.45, 2.75) is 44.8 Å². The van der Waals surface area contributed by atoms with E-state index in [4.69, 9.17) is 0 Å². The van der Waals surface area contributed by atoms with E-state index >= 15 is 0 Å². The van der Waals surface area contributed by atoms with Crippen molar-refractivity contribution in [3.05, 3.63) is 47.8 Å². The Hall–Kier alpha value is -2.71. The lowest BCUT2D eigenvalue weighted by atomic mass is 9.92. The molecule has 1 amide bonds. The molecule has 2 saturated heterocycles. The first-order chi connectivity index (χ1) is 15.9. The first-order valence-corrected chi connectivity index (χ1v) is 12.0. The van der Waals surface area contributed by atoms with Gasteiger partial charge in [0, 0.05) is 44.9 Å². The first-order valence-electron chi connectivity index (χ1n) is 12.0. The molecule has 1 aromatic carbocycles. The van der Waals surface area contributed by atoms with Crippen LogP contribution in [0.15, 0.2) is 36.7 Å². The van der Waals surface area contributed by atoms with Gasteiger partial charge in [0.2, 0.25) is 0 Å². The van der Waals surface area contributed by atoms with Crippen molar-refractivity contribution >= 4 is 17.5 Å². The summed E-state index contributed by atoms with van der Waals surface area (Å²) >= 11 is 0. The van der Waals surface area contributed by atoms with Crippen molar-refractivity contribution in [2.24, 2.45) is 5.92 Å². The van der Waals surface area contributed by atoms with Gasteiger partial charge in [0.25, 0.3) is 5.91 Å². The van der Waals surface area contributed by atoms with Crippen LogP contribution in [-0.4, -0.2) is 71.3 Å². The molecule has 0 bridgehead atoms. The minimum absolute atomic E-state index is 0.154. The van der Waals surface area contributed by atoms with Gasteiger partial charge < -0.3 is 20.6 Å². The molecule has 2 aromatic rings. The van der Waals surface area contributed by atoms with Crippen LogP contribution >= 0.6 is 0 Å². The van der Waals surface area contributed by atoms with Gasteiger partial charge in [0.05, 0.1) is 5.60 Å². The van der Waals surface area contributed by atoms with Gasteiger partial charge in [-0.1, -0.05) is 19.1 Å². The van der Waals surface area contributed by atoms with E-state index in [-0.39, 0.29) is 12.5 Å². The number of nitrogens with zero attached hydrogens (tertiary/aromatic N) is 4. The molecule has 4 rings (SSSR count). The summed E-state index contributed by atoms with van der Waals surface area (Å²) in [6.07, 6.45) is 5.51. The fourth-order valence-corrected chi connectivity index (χ4v) is 4.70. The Morgan fingerprint density at radius 3 is 2.67 bits per heavy atom. The minimum atomic E-state index is -0.996. The van der Waals surface area contributed by atoms with Crippen LogP contribution in [0.5, 0.6) is 0 Å². The van der Waals surface area contributed by atoms with E-state index in [1.165, 1.54) is 24.7 Å². The number of hydrogen-bond donors (Lipinski definition) is 3. The maximum Gasteiger partial charge on any atom is 0.251 e. The van der Waals surface area contributed by atoms with Gasteiger partial charge in [-0.25, -0.2) is 9.97 Å². The second-order valence-corrected chi connectivity index (χ2v) is 9.60. The lowest BCUT2D eigenvalue weighted by molar-refractivity contribution is 0.0254. The monoisotopic (exact) mass is 452 g/mol. The van der Waals surface area contributed by atoms with E-state index in [1.54, 1.807) is 0 Å². The molecule has 3 heterocycles. The number of anilines is 2. The number of carbonyl (C=O) groups excluding carboxylic acids is 1. The minimum Gasteiger partial charge on any atom is -0.386 e. The highest BCUT2D eigenvalue weighted by atomic mass is 16.3. The third kappa shape index (κ3) is 6.21. The third-order valence-corrected chi connectivity index (χ3v) is 6.86. The van der Waals surface area contributed by atoms with E-state index < -0.39 is 5.60 Å². The summed E-state index contributed by atoms with van der Waals surface area (Å²) in [5.41, 5.74) is 0.856. The molecule has 0 unspecified atom stereocenters. The molecule has 8 heteroatoms. The molecule has 178 valence electrons. The van der Waals surface area contributed by atoms with Crippen molar-refractivity contribution in [2.75, 3.05) is 50.0 Å². The van der Waals surface area contributed by atoms with Gasteiger partial charge in [0.15, 0.2) is 0 Å². The number of amides is 1. The number of piperidine rings is 2. The van der Waals surface area contributed by atoms with E-state index in [0.29, 0.717) is 18.5 Å². The Bertz CT molecular complexity index is 929. The van der Waals surface area contributed by atoms with Crippen molar-refractivity contribution in [3.8, 4) is 0 Å². The maximum atomic E-state index is 12.7. The summed E-state index contributed by atoms with van der Waals surface area (Å²) in [6, 6.07) is 9.72. The molecular weight excluding hydrogens is 416 g/mol. The van der Waals surface area contributed by atoms with Crippen LogP contribution in [0.25, 0.3) is 0 Å². The lowest BCUT2D eigenvalue weighted by Crippen LogP contribution is -2.54.